The Hall–Kier alpha value is -2.21. The molecule has 2 aromatic rings. The number of hydrogen-bond donors (Lipinski definition) is 3. The molecule has 27 heavy (non-hydrogen) atoms. The van der Waals surface area contributed by atoms with Crippen LogP contribution in [0.1, 0.15) is 59.7 Å². The number of thiophene rings is 1. The van der Waals surface area contributed by atoms with Gasteiger partial charge in [-0.2, -0.15) is 0 Å². The maximum Gasteiger partial charge on any atom is 0.256 e. The summed E-state index contributed by atoms with van der Waals surface area (Å²) in [5, 5.41) is 17.5. The molecule has 5 nitrogen and oxygen atoms in total. The van der Waals surface area contributed by atoms with E-state index < -0.39 is 0 Å². The molecule has 2 heterocycles. The maximum absolute atomic E-state index is 12.9. The van der Waals surface area contributed by atoms with Crippen molar-refractivity contribution in [3.05, 3.63) is 39.8 Å². The monoisotopic (exact) mass is 386 g/mol. The molecule has 3 N–H and O–H groups in total. The van der Waals surface area contributed by atoms with Gasteiger partial charge >= 0.3 is 0 Å². The highest BCUT2D eigenvalue weighted by Crippen LogP contribution is 2.46. The average Bonchev–Trinajstić information content (AvgIpc) is 2.98. The molecule has 6 heteroatoms. The number of fused-ring (bicyclic) bond motifs is 3. The minimum absolute atomic E-state index is 0.0317. The summed E-state index contributed by atoms with van der Waals surface area (Å²) in [6.45, 7) is 6.90. The van der Waals surface area contributed by atoms with Crippen LogP contribution < -0.4 is 15.4 Å². The van der Waals surface area contributed by atoms with E-state index in [1.54, 1.807) is 23.5 Å². The number of carbonyl (C=O) groups excluding carboxylic acids is 1. The highest BCUT2D eigenvalue weighted by atomic mass is 32.1. The van der Waals surface area contributed by atoms with Gasteiger partial charge < -0.3 is 20.5 Å². The number of nitrogens with one attached hydrogen (secondary N) is 2. The van der Waals surface area contributed by atoms with Gasteiger partial charge in [0, 0.05) is 4.88 Å². The number of benzene rings is 1. The molecule has 2 atom stereocenters. The molecule has 0 saturated carbocycles. The quantitative estimate of drug-likeness (QED) is 0.712. The molecule has 0 unspecified atom stereocenters. The molecule has 0 bridgehead atoms. The number of hydrogen-bond acceptors (Lipinski definition) is 5. The molecule has 1 aliphatic carbocycles. The Morgan fingerprint density at radius 1 is 1.26 bits per heavy atom. The number of carbonyl (C=O) groups is 1. The van der Waals surface area contributed by atoms with Gasteiger partial charge in [-0.05, 0) is 53.9 Å². The molecule has 1 aromatic heterocycles. The second-order valence-corrected chi connectivity index (χ2v) is 9.60. The van der Waals surface area contributed by atoms with E-state index in [9.17, 15) is 9.90 Å². The van der Waals surface area contributed by atoms with Crippen LogP contribution in [0.3, 0.4) is 0 Å². The Balaban J connectivity index is 1.63. The van der Waals surface area contributed by atoms with Crippen molar-refractivity contribution < 1.29 is 14.6 Å². The summed E-state index contributed by atoms with van der Waals surface area (Å²) in [5.74, 6) is 1.09. The van der Waals surface area contributed by atoms with Crippen LogP contribution in [0.2, 0.25) is 0 Å². The lowest BCUT2D eigenvalue weighted by molar-refractivity contribution is 0.0934. The van der Waals surface area contributed by atoms with Crippen molar-refractivity contribution in [3.63, 3.8) is 0 Å². The van der Waals surface area contributed by atoms with E-state index in [1.807, 2.05) is 6.07 Å². The number of amides is 1. The minimum atomic E-state index is -0.361. The van der Waals surface area contributed by atoms with Crippen LogP contribution in [0.25, 0.3) is 0 Å². The van der Waals surface area contributed by atoms with Crippen LogP contribution in [0, 0.1) is 11.3 Å². The van der Waals surface area contributed by atoms with Gasteiger partial charge in [-0.25, -0.2) is 0 Å². The zero-order valence-corrected chi connectivity index (χ0v) is 17.0. The summed E-state index contributed by atoms with van der Waals surface area (Å²) in [6, 6.07) is 5.19. The molecule has 0 saturated heterocycles. The zero-order valence-electron chi connectivity index (χ0n) is 16.2. The summed E-state index contributed by atoms with van der Waals surface area (Å²) in [5.41, 5.74) is 3.11. The van der Waals surface area contributed by atoms with Gasteiger partial charge in [0.1, 0.15) is 11.2 Å². The standard InChI is InChI=1S/C21H26N2O3S/c1-21(2,3)12-6-7-13-16(10-12)27-20-17(13)19(25)22-18(23-20)11-5-8-15(26-4)14(24)9-11/h5,8-9,12,18,23-24H,6-7,10H2,1-4H3,(H,22,25)/t12-,18+/m1/s1. The number of phenolic OH excluding ortho intramolecular Hbond substituents is 1. The first-order valence-corrected chi connectivity index (χ1v) is 10.2. The third-order valence-corrected chi connectivity index (χ3v) is 6.99. The fourth-order valence-corrected chi connectivity index (χ4v) is 5.44. The second kappa shape index (κ2) is 6.44. The van der Waals surface area contributed by atoms with Crippen LogP contribution in [-0.2, 0) is 12.8 Å². The molecule has 0 spiro atoms. The number of anilines is 1. The van der Waals surface area contributed by atoms with Crippen molar-refractivity contribution in [2.45, 2.75) is 46.2 Å². The molecule has 1 amide bonds. The van der Waals surface area contributed by atoms with Crippen LogP contribution in [-0.4, -0.2) is 18.1 Å². The topological polar surface area (TPSA) is 70.6 Å². The number of ether oxygens (including phenoxy) is 1. The average molecular weight is 387 g/mol. The summed E-state index contributed by atoms with van der Waals surface area (Å²) < 4.78 is 5.10. The second-order valence-electron chi connectivity index (χ2n) is 8.50. The molecule has 2 aliphatic rings. The normalized spacial score (nSPS) is 21.7. The van der Waals surface area contributed by atoms with E-state index >= 15 is 0 Å². The third-order valence-electron chi connectivity index (χ3n) is 5.80. The summed E-state index contributed by atoms with van der Waals surface area (Å²) in [7, 11) is 1.52. The fraction of sp³-hybridized carbons (Fsp3) is 0.476. The van der Waals surface area contributed by atoms with Gasteiger partial charge in [0.15, 0.2) is 11.5 Å². The Kier molecular flexibility index (Phi) is 4.34. The molecule has 1 aliphatic heterocycles. The Morgan fingerprint density at radius 2 is 2.04 bits per heavy atom. The maximum atomic E-state index is 12.9. The predicted octanol–water partition coefficient (Wildman–Crippen LogP) is 4.47. The molecule has 1 aromatic carbocycles. The van der Waals surface area contributed by atoms with Gasteiger partial charge in [-0.3, -0.25) is 4.79 Å². The van der Waals surface area contributed by atoms with Crippen molar-refractivity contribution in [2.24, 2.45) is 11.3 Å². The highest BCUT2D eigenvalue weighted by molar-refractivity contribution is 7.16. The van der Waals surface area contributed by atoms with E-state index in [0.29, 0.717) is 11.7 Å². The lowest BCUT2D eigenvalue weighted by Gasteiger charge is -2.34. The Bertz CT molecular complexity index is 898. The molecular formula is C21H26N2O3S. The molecule has 4 rings (SSSR count). The van der Waals surface area contributed by atoms with Gasteiger partial charge in [-0.1, -0.05) is 26.8 Å². The number of rotatable bonds is 2. The number of phenols is 1. The van der Waals surface area contributed by atoms with Gasteiger partial charge in [0.2, 0.25) is 0 Å². The van der Waals surface area contributed by atoms with E-state index in [1.165, 1.54) is 17.6 Å². The largest absolute Gasteiger partial charge is 0.504 e. The zero-order chi connectivity index (χ0) is 19.3. The van der Waals surface area contributed by atoms with Crippen LogP contribution in [0.15, 0.2) is 18.2 Å². The summed E-state index contributed by atoms with van der Waals surface area (Å²) in [6.07, 6.45) is 2.77. The smallest absolute Gasteiger partial charge is 0.256 e. The van der Waals surface area contributed by atoms with Crippen molar-refractivity contribution in [2.75, 3.05) is 12.4 Å². The first-order chi connectivity index (χ1) is 12.8. The predicted molar refractivity (Wildman–Crippen MR) is 108 cm³/mol. The Labute approximate surface area is 163 Å². The molecule has 0 radical (unpaired) electrons. The van der Waals surface area contributed by atoms with Crippen molar-refractivity contribution in [3.8, 4) is 11.5 Å². The van der Waals surface area contributed by atoms with E-state index in [0.717, 1.165) is 35.4 Å². The lowest BCUT2D eigenvalue weighted by Crippen LogP contribution is -2.38. The van der Waals surface area contributed by atoms with Gasteiger partial charge in [-0.15, -0.1) is 11.3 Å². The third kappa shape index (κ3) is 3.16. The van der Waals surface area contributed by atoms with Gasteiger partial charge in [0.25, 0.3) is 5.91 Å². The van der Waals surface area contributed by atoms with Crippen LogP contribution >= 0.6 is 11.3 Å². The van der Waals surface area contributed by atoms with Crippen LogP contribution in [0.4, 0.5) is 5.00 Å². The number of methoxy groups -OCH3 is 1. The molecule has 144 valence electrons. The van der Waals surface area contributed by atoms with Crippen LogP contribution in [0.5, 0.6) is 11.5 Å². The van der Waals surface area contributed by atoms with E-state index in [2.05, 4.69) is 31.4 Å². The minimum Gasteiger partial charge on any atom is -0.504 e. The fourth-order valence-electron chi connectivity index (χ4n) is 4.09. The first kappa shape index (κ1) is 18.2. The highest BCUT2D eigenvalue weighted by Gasteiger charge is 2.36. The van der Waals surface area contributed by atoms with Crippen molar-refractivity contribution in [1.29, 1.82) is 0 Å². The first-order valence-electron chi connectivity index (χ1n) is 9.36. The van der Waals surface area contributed by atoms with Gasteiger partial charge in [0.05, 0.1) is 12.7 Å². The van der Waals surface area contributed by atoms with Crippen molar-refractivity contribution in [1.82, 2.24) is 5.32 Å². The van der Waals surface area contributed by atoms with Crippen molar-refractivity contribution >= 4 is 22.2 Å². The summed E-state index contributed by atoms with van der Waals surface area (Å²) >= 11 is 1.71. The Morgan fingerprint density at radius 3 is 2.70 bits per heavy atom. The lowest BCUT2D eigenvalue weighted by atomic mass is 9.72. The van der Waals surface area contributed by atoms with E-state index in [-0.39, 0.29) is 23.2 Å². The molecular weight excluding hydrogens is 360 g/mol. The SMILES string of the molecule is COc1ccc([C@H]2NC(=O)c3c(sc4c3CC[C@@H](C(C)(C)C)C4)N2)cc1O. The number of aromatic hydroxyl groups is 1. The summed E-state index contributed by atoms with van der Waals surface area (Å²) in [4.78, 5) is 14.2. The van der Waals surface area contributed by atoms with E-state index in [4.69, 9.17) is 4.74 Å². The molecule has 0 fully saturated rings.